The van der Waals surface area contributed by atoms with E-state index in [1.807, 2.05) is 6.92 Å². The molecule has 0 radical (unpaired) electrons. The van der Waals surface area contributed by atoms with Crippen molar-refractivity contribution in [2.45, 2.75) is 46.1 Å². The second kappa shape index (κ2) is 5.30. The van der Waals surface area contributed by atoms with Crippen LogP contribution >= 0.6 is 0 Å². The van der Waals surface area contributed by atoms with Crippen LogP contribution in [0.2, 0.25) is 0 Å². The molecule has 0 fully saturated rings. The zero-order valence-electron chi connectivity index (χ0n) is 7.76. The van der Waals surface area contributed by atoms with Crippen LogP contribution in [-0.4, -0.2) is 11.8 Å². The fourth-order valence-electron chi connectivity index (χ4n) is 1.07. The molecule has 66 valence electrons. The quantitative estimate of drug-likeness (QED) is 0.660. The van der Waals surface area contributed by atoms with E-state index in [1.54, 1.807) is 0 Å². The predicted molar refractivity (Wildman–Crippen MR) is 47.3 cm³/mol. The smallest absolute Gasteiger partial charge is 0.149 e. The van der Waals surface area contributed by atoms with Gasteiger partial charge in [-0.25, -0.2) is 0 Å². The lowest BCUT2D eigenvalue weighted by molar-refractivity contribution is -0.120. The second-order valence-electron chi connectivity index (χ2n) is 3.45. The van der Waals surface area contributed by atoms with Crippen LogP contribution < -0.4 is 5.73 Å². The van der Waals surface area contributed by atoms with Crippen molar-refractivity contribution in [2.24, 2.45) is 11.7 Å². The Bertz CT molecular complexity index is 121. The molecule has 2 N–H and O–H groups in total. The highest BCUT2D eigenvalue weighted by Gasteiger charge is 2.12. The molecule has 0 aromatic carbocycles. The van der Waals surface area contributed by atoms with Gasteiger partial charge < -0.3 is 5.73 Å². The van der Waals surface area contributed by atoms with Crippen molar-refractivity contribution in [3.8, 4) is 0 Å². The van der Waals surface area contributed by atoms with Crippen molar-refractivity contribution < 1.29 is 4.79 Å². The molecule has 0 aliphatic rings. The first-order valence-corrected chi connectivity index (χ1v) is 4.36. The fourth-order valence-corrected chi connectivity index (χ4v) is 1.07. The molecule has 2 nitrogen and oxygen atoms in total. The van der Waals surface area contributed by atoms with E-state index >= 15 is 0 Å². The lowest BCUT2D eigenvalue weighted by Gasteiger charge is -2.11. The number of hydrogen-bond donors (Lipinski definition) is 1. The Labute approximate surface area is 69.2 Å². The Hall–Kier alpha value is -0.370. The minimum Gasteiger partial charge on any atom is -0.322 e. The molecule has 2 heteroatoms. The molecular formula is C9H19NO. The molecule has 0 aromatic rings. The van der Waals surface area contributed by atoms with Crippen LogP contribution in [0.1, 0.15) is 40.0 Å². The van der Waals surface area contributed by atoms with E-state index in [-0.39, 0.29) is 11.8 Å². The molecule has 0 amide bonds. The van der Waals surface area contributed by atoms with Crippen LogP contribution in [0.4, 0.5) is 0 Å². The van der Waals surface area contributed by atoms with E-state index in [0.717, 1.165) is 12.8 Å². The van der Waals surface area contributed by atoms with Crippen molar-refractivity contribution in [1.82, 2.24) is 0 Å². The molecular weight excluding hydrogens is 138 g/mol. The van der Waals surface area contributed by atoms with Gasteiger partial charge in [0.1, 0.15) is 5.78 Å². The van der Waals surface area contributed by atoms with Crippen LogP contribution in [0.3, 0.4) is 0 Å². The molecule has 0 rings (SSSR count). The monoisotopic (exact) mass is 157 g/mol. The number of nitrogens with two attached hydrogens (primary N) is 1. The van der Waals surface area contributed by atoms with Gasteiger partial charge in [0, 0.05) is 6.42 Å². The van der Waals surface area contributed by atoms with Gasteiger partial charge in [0.15, 0.2) is 0 Å². The molecule has 0 saturated heterocycles. The first kappa shape index (κ1) is 10.6. The molecule has 0 aliphatic carbocycles. The van der Waals surface area contributed by atoms with Crippen molar-refractivity contribution >= 4 is 5.78 Å². The van der Waals surface area contributed by atoms with Gasteiger partial charge in [-0.15, -0.1) is 0 Å². The summed E-state index contributed by atoms with van der Waals surface area (Å²) in [6.07, 6.45) is 2.36. The Morgan fingerprint density at radius 1 is 1.45 bits per heavy atom. The topological polar surface area (TPSA) is 43.1 Å². The normalized spacial score (nSPS) is 13.5. The van der Waals surface area contributed by atoms with Crippen LogP contribution in [0, 0.1) is 5.92 Å². The Kier molecular flexibility index (Phi) is 5.12. The highest BCUT2D eigenvalue weighted by molar-refractivity contribution is 5.83. The third kappa shape index (κ3) is 4.96. The number of ketones is 1. The second-order valence-corrected chi connectivity index (χ2v) is 3.45. The van der Waals surface area contributed by atoms with Crippen molar-refractivity contribution in [3.63, 3.8) is 0 Å². The predicted octanol–water partition coefficient (Wildman–Crippen LogP) is 1.73. The van der Waals surface area contributed by atoms with Gasteiger partial charge >= 0.3 is 0 Å². The lowest BCUT2D eigenvalue weighted by atomic mass is 9.99. The SMILES string of the molecule is CCCC(=O)[C@@H](N)CC(C)C. The summed E-state index contributed by atoms with van der Waals surface area (Å²) in [7, 11) is 0. The highest BCUT2D eigenvalue weighted by atomic mass is 16.1. The lowest BCUT2D eigenvalue weighted by Crippen LogP contribution is -2.31. The molecule has 0 heterocycles. The first-order valence-electron chi connectivity index (χ1n) is 4.36. The Morgan fingerprint density at radius 2 is 2.00 bits per heavy atom. The third-order valence-corrected chi connectivity index (χ3v) is 1.64. The number of carbonyl (C=O) groups is 1. The molecule has 0 aliphatic heterocycles. The zero-order valence-corrected chi connectivity index (χ0v) is 7.76. The Balaban J connectivity index is 3.64. The maximum Gasteiger partial charge on any atom is 0.149 e. The maximum atomic E-state index is 11.2. The van der Waals surface area contributed by atoms with Gasteiger partial charge in [-0.2, -0.15) is 0 Å². The Morgan fingerprint density at radius 3 is 2.36 bits per heavy atom. The number of hydrogen-bond acceptors (Lipinski definition) is 2. The van der Waals surface area contributed by atoms with E-state index in [2.05, 4.69) is 13.8 Å². The van der Waals surface area contributed by atoms with Crippen molar-refractivity contribution in [1.29, 1.82) is 0 Å². The fraction of sp³-hybridized carbons (Fsp3) is 0.889. The summed E-state index contributed by atoms with van der Waals surface area (Å²) in [4.78, 5) is 11.2. The molecule has 0 aromatic heterocycles. The zero-order chi connectivity index (χ0) is 8.85. The van der Waals surface area contributed by atoms with E-state index in [1.165, 1.54) is 0 Å². The summed E-state index contributed by atoms with van der Waals surface area (Å²) in [5.41, 5.74) is 5.65. The number of carbonyl (C=O) groups excluding carboxylic acids is 1. The van der Waals surface area contributed by atoms with Crippen LogP contribution in [0.15, 0.2) is 0 Å². The molecule has 0 bridgehead atoms. The van der Waals surface area contributed by atoms with Gasteiger partial charge in [0.2, 0.25) is 0 Å². The summed E-state index contributed by atoms with van der Waals surface area (Å²) in [5.74, 6) is 0.729. The molecule has 0 unspecified atom stereocenters. The summed E-state index contributed by atoms with van der Waals surface area (Å²) in [6, 6.07) is -0.227. The van der Waals surface area contributed by atoms with Gasteiger partial charge in [-0.1, -0.05) is 20.8 Å². The third-order valence-electron chi connectivity index (χ3n) is 1.64. The van der Waals surface area contributed by atoms with Crippen LogP contribution in [-0.2, 0) is 4.79 Å². The number of Topliss-reactive ketones (excluding diaryl/α,β-unsaturated/α-hetero) is 1. The van der Waals surface area contributed by atoms with E-state index in [0.29, 0.717) is 12.3 Å². The van der Waals surface area contributed by atoms with Gasteiger partial charge in [-0.3, -0.25) is 4.79 Å². The molecule has 0 spiro atoms. The largest absolute Gasteiger partial charge is 0.322 e. The van der Waals surface area contributed by atoms with Gasteiger partial charge in [-0.05, 0) is 18.8 Å². The summed E-state index contributed by atoms with van der Waals surface area (Å²) >= 11 is 0. The van der Waals surface area contributed by atoms with E-state index in [4.69, 9.17) is 5.73 Å². The standard InChI is InChI=1S/C9H19NO/c1-4-5-9(11)8(10)6-7(2)3/h7-8H,4-6,10H2,1-3H3/t8-/m0/s1. The maximum absolute atomic E-state index is 11.2. The summed E-state index contributed by atoms with van der Waals surface area (Å²) in [6.45, 7) is 6.16. The average Bonchev–Trinajstić information content (AvgIpc) is 1.86. The van der Waals surface area contributed by atoms with Crippen LogP contribution in [0.5, 0.6) is 0 Å². The van der Waals surface area contributed by atoms with Gasteiger partial charge in [0.05, 0.1) is 6.04 Å². The van der Waals surface area contributed by atoms with Crippen LogP contribution in [0.25, 0.3) is 0 Å². The molecule has 0 saturated carbocycles. The van der Waals surface area contributed by atoms with E-state index in [9.17, 15) is 4.79 Å². The van der Waals surface area contributed by atoms with E-state index < -0.39 is 0 Å². The number of rotatable bonds is 5. The molecule has 11 heavy (non-hydrogen) atoms. The van der Waals surface area contributed by atoms with Crippen molar-refractivity contribution in [2.75, 3.05) is 0 Å². The first-order chi connectivity index (χ1) is 5.07. The minimum atomic E-state index is -0.227. The average molecular weight is 157 g/mol. The minimum absolute atomic E-state index is 0.209. The summed E-state index contributed by atoms with van der Waals surface area (Å²) < 4.78 is 0. The van der Waals surface area contributed by atoms with Gasteiger partial charge in [0.25, 0.3) is 0 Å². The highest BCUT2D eigenvalue weighted by Crippen LogP contribution is 2.05. The molecule has 1 atom stereocenters. The van der Waals surface area contributed by atoms with Crippen molar-refractivity contribution in [3.05, 3.63) is 0 Å². The summed E-state index contributed by atoms with van der Waals surface area (Å²) in [5, 5.41) is 0.